The summed E-state index contributed by atoms with van der Waals surface area (Å²) in [6.45, 7) is 3.86. The number of aryl methyl sites for hydroxylation is 1. The van der Waals surface area contributed by atoms with Gasteiger partial charge >= 0.3 is 5.97 Å². The van der Waals surface area contributed by atoms with E-state index >= 15 is 0 Å². The van der Waals surface area contributed by atoms with E-state index in [0.717, 1.165) is 16.7 Å². The molecule has 0 fully saturated rings. The SMILES string of the molecule is CCOC(=O)C1C(=O)C=C(c2cccc(C)c2)CC1c1ccc([N+](=O)[O-])cc1. The molecule has 2 aromatic carbocycles. The molecule has 2 atom stereocenters. The number of hydrogen-bond acceptors (Lipinski definition) is 5. The number of rotatable bonds is 5. The fourth-order valence-corrected chi connectivity index (χ4v) is 3.59. The lowest BCUT2D eigenvalue weighted by atomic mass is 9.73. The Morgan fingerprint density at radius 1 is 1.21 bits per heavy atom. The first-order chi connectivity index (χ1) is 13.4. The molecular weight excluding hydrogens is 358 g/mol. The molecule has 6 heteroatoms. The topological polar surface area (TPSA) is 86.5 Å². The molecule has 0 spiro atoms. The molecule has 0 aromatic heterocycles. The highest BCUT2D eigenvalue weighted by atomic mass is 16.6. The molecule has 2 aromatic rings. The molecule has 0 saturated carbocycles. The summed E-state index contributed by atoms with van der Waals surface area (Å²) >= 11 is 0. The third kappa shape index (κ3) is 4.01. The molecule has 0 aliphatic heterocycles. The first-order valence-corrected chi connectivity index (χ1v) is 9.13. The fourth-order valence-electron chi connectivity index (χ4n) is 3.59. The highest BCUT2D eigenvalue weighted by molar-refractivity contribution is 6.10. The van der Waals surface area contributed by atoms with Gasteiger partial charge in [0.05, 0.1) is 11.5 Å². The summed E-state index contributed by atoms with van der Waals surface area (Å²) in [7, 11) is 0. The second-order valence-electron chi connectivity index (χ2n) is 6.83. The zero-order chi connectivity index (χ0) is 20.3. The van der Waals surface area contributed by atoms with E-state index in [0.29, 0.717) is 12.0 Å². The summed E-state index contributed by atoms with van der Waals surface area (Å²) < 4.78 is 5.13. The predicted octanol–water partition coefficient (Wildman–Crippen LogP) is 4.22. The van der Waals surface area contributed by atoms with Gasteiger partial charge in [0.25, 0.3) is 5.69 Å². The van der Waals surface area contributed by atoms with Crippen LogP contribution in [0.2, 0.25) is 0 Å². The molecule has 0 heterocycles. The molecular formula is C22H21NO5. The molecule has 1 aliphatic carbocycles. The molecule has 144 valence electrons. The minimum absolute atomic E-state index is 0.0342. The zero-order valence-electron chi connectivity index (χ0n) is 15.8. The van der Waals surface area contributed by atoms with E-state index in [1.54, 1.807) is 19.1 Å². The maximum atomic E-state index is 12.9. The Morgan fingerprint density at radius 3 is 2.54 bits per heavy atom. The number of ether oxygens (including phenoxy) is 1. The Kier molecular flexibility index (Phi) is 5.68. The van der Waals surface area contributed by atoms with Crippen LogP contribution in [0.5, 0.6) is 0 Å². The lowest BCUT2D eigenvalue weighted by molar-refractivity contribution is -0.384. The summed E-state index contributed by atoms with van der Waals surface area (Å²) in [4.78, 5) is 35.8. The van der Waals surface area contributed by atoms with Crippen LogP contribution in [0.3, 0.4) is 0 Å². The van der Waals surface area contributed by atoms with Crippen molar-refractivity contribution in [1.82, 2.24) is 0 Å². The zero-order valence-corrected chi connectivity index (χ0v) is 15.8. The van der Waals surface area contributed by atoms with Crippen molar-refractivity contribution < 1.29 is 19.2 Å². The standard InChI is InChI=1S/C22H21NO5/c1-3-28-22(25)21-19(15-7-9-18(10-8-15)23(26)27)12-17(13-20(21)24)16-6-4-5-14(2)11-16/h4-11,13,19,21H,3,12H2,1-2H3. The van der Waals surface area contributed by atoms with E-state index in [9.17, 15) is 19.7 Å². The lowest BCUT2D eigenvalue weighted by Gasteiger charge is -2.29. The third-order valence-corrected chi connectivity index (χ3v) is 4.93. The molecule has 3 rings (SSSR count). The van der Waals surface area contributed by atoms with E-state index < -0.39 is 22.7 Å². The van der Waals surface area contributed by atoms with Crippen LogP contribution in [0.4, 0.5) is 5.69 Å². The van der Waals surface area contributed by atoms with Gasteiger partial charge in [-0.25, -0.2) is 0 Å². The Balaban J connectivity index is 2.02. The first kappa shape index (κ1) is 19.5. The van der Waals surface area contributed by atoms with Gasteiger partial charge in [-0.3, -0.25) is 19.7 Å². The van der Waals surface area contributed by atoms with Crippen molar-refractivity contribution in [2.75, 3.05) is 6.61 Å². The Morgan fingerprint density at radius 2 is 1.93 bits per heavy atom. The molecule has 0 radical (unpaired) electrons. The fraction of sp³-hybridized carbons (Fsp3) is 0.273. The minimum Gasteiger partial charge on any atom is -0.465 e. The number of nitro groups is 1. The molecule has 28 heavy (non-hydrogen) atoms. The van der Waals surface area contributed by atoms with Gasteiger partial charge in [-0.15, -0.1) is 0 Å². The lowest BCUT2D eigenvalue weighted by Crippen LogP contribution is -2.34. The van der Waals surface area contributed by atoms with Gasteiger partial charge in [-0.05, 0) is 43.0 Å². The highest BCUT2D eigenvalue weighted by Crippen LogP contribution is 2.40. The molecule has 2 unspecified atom stereocenters. The first-order valence-electron chi connectivity index (χ1n) is 9.13. The van der Waals surface area contributed by atoms with Crippen LogP contribution in [-0.2, 0) is 14.3 Å². The van der Waals surface area contributed by atoms with Crippen LogP contribution >= 0.6 is 0 Å². The van der Waals surface area contributed by atoms with Crippen molar-refractivity contribution in [3.05, 3.63) is 81.4 Å². The average Bonchev–Trinajstić information content (AvgIpc) is 2.67. The molecule has 0 N–H and O–H groups in total. The number of carbonyl (C=O) groups is 2. The number of benzene rings is 2. The van der Waals surface area contributed by atoms with Crippen molar-refractivity contribution in [3.63, 3.8) is 0 Å². The van der Waals surface area contributed by atoms with Crippen LogP contribution in [0.1, 0.15) is 36.0 Å². The van der Waals surface area contributed by atoms with Crippen molar-refractivity contribution >= 4 is 23.0 Å². The van der Waals surface area contributed by atoms with Gasteiger partial charge in [0.2, 0.25) is 0 Å². The van der Waals surface area contributed by atoms with Gasteiger partial charge < -0.3 is 4.74 Å². The van der Waals surface area contributed by atoms with Crippen LogP contribution in [0, 0.1) is 23.0 Å². The van der Waals surface area contributed by atoms with E-state index in [4.69, 9.17) is 4.74 Å². The van der Waals surface area contributed by atoms with Gasteiger partial charge in [0.15, 0.2) is 5.78 Å². The van der Waals surface area contributed by atoms with Crippen LogP contribution in [-0.4, -0.2) is 23.3 Å². The summed E-state index contributed by atoms with van der Waals surface area (Å²) in [5.74, 6) is -2.25. The highest BCUT2D eigenvalue weighted by Gasteiger charge is 2.39. The predicted molar refractivity (Wildman–Crippen MR) is 105 cm³/mol. The van der Waals surface area contributed by atoms with Crippen molar-refractivity contribution in [2.24, 2.45) is 5.92 Å². The molecule has 0 bridgehead atoms. The van der Waals surface area contributed by atoms with E-state index in [1.807, 2.05) is 31.2 Å². The Labute approximate surface area is 163 Å². The van der Waals surface area contributed by atoms with Crippen molar-refractivity contribution in [3.8, 4) is 0 Å². The largest absolute Gasteiger partial charge is 0.465 e. The average molecular weight is 379 g/mol. The van der Waals surface area contributed by atoms with Crippen LogP contribution in [0.15, 0.2) is 54.6 Å². The summed E-state index contributed by atoms with van der Waals surface area (Å²) in [5, 5.41) is 10.9. The third-order valence-electron chi connectivity index (χ3n) is 4.93. The van der Waals surface area contributed by atoms with Crippen molar-refractivity contribution in [1.29, 1.82) is 0 Å². The van der Waals surface area contributed by atoms with Gasteiger partial charge in [0.1, 0.15) is 5.92 Å². The quantitative estimate of drug-likeness (QED) is 0.336. The van der Waals surface area contributed by atoms with Gasteiger partial charge in [-0.2, -0.15) is 0 Å². The number of ketones is 1. The van der Waals surface area contributed by atoms with E-state index in [2.05, 4.69) is 0 Å². The number of allylic oxidation sites excluding steroid dienone is 2. The normalized spacial score (nSPS) is 19.1. The van der Waals surface area contributed by atoms with Gasteiger partial charge in [0, 0.05) is 18.1 Å². The number of esters is 1. The second kappa shape index (κ2) is 8.17. The number of non-ortho nitro benzene ring substituents is 1. The minimum atomic E-state index is -0.949. The molecule has 1 aliphatic rings. The number of nitrogens with zero attached hydrogens (tertiary/aromatic N) is 1. The Hall–Kier alpha value is -3.28. The summed E-state index contributed by atoms with van der Waals surface area (Å²) in [5.41, 5.74) is 3.52. The number of hydrogen-bond donors (Lipinski definition) is 0. The summed E-state index contributed by atoms with van der Waals surface area (Å²) in [6.07, 6.45) is 1.99. The smallest absolute Gasteiger partial charge is 0.317 e. The van der Waals surface area contributed by atoms with Gasteiger partial charge in [-0.1, -0.05) is 42.0 Å². The van der Waals surface area contributed by atoms with Crippen molar-refractivity contribution in [2.45, 2.75) is 26.2 Å². The maximum absolute atomic E-state index is 12.9. The maximum Gasteiger partial charge on any atom is 0.317 e. The second-order valence-corrected chi connectivity index (χ2v) is 6.83. The number of carbonyl (C=O) groups excluding carboxylic acids is 2. The van der Waals surface area contributed by atoms with E-state index in [1.165, 1.54) is 18.2 Å². The van der Waals surface area contributed by atoms with Crippen LogP contribution in [0.25, 0.3) is 5.57 Å². The van der Waals surface area contributed by atoms with E-state index in [-0.39, 0.29) is 18.1 Å². The monoisotopic (exact) mass is 379 g/mol. The molecule has 6 nitrogen and oxygen atoms in total. The Bertz CT molecular complexity index is 946. The summed E-state index contributed by atoms with van der Waals surface area (Å²) in [6, 6.07) is 13.8. The molecule has 0 saturated heterocycles. The van der Waals surface area contributed by atoms with Crippen LogP contribution < -0.4 is 0 Å². The number of nitro benzene ring substituents is 1. The molecule has 0 amide bonds.